The molecule has 3 aromatic rings. The molecule has 156 valence electrons. The summed E-state index contributed by atoms with van der Waals surface area (Å²) >= 11 is 0. The van der Waals surface area contributed by atoms with E-state index in [9.17, 15) is 4.79 Å². The SMILES string of the molecule is Cc1cnnc(-c2ccc(C(=O)NCC3Cc4nnc(C)n4C3)cc2)c1C.O=CO. The zero-order valence-electron chi connectivity index (χ0n) is 17.2. The van der Waals surface area contributed by atoms with Crippen LogP contribution in [0.2, 0.25) is 0 Å². The molecule has 1 aliphatic heterocycles. The van der Waals surface area contributed by atoms with Gasteiger partial charge in [-0.3, -0.25) is 9.59 Å². The topological polar surface area (TPSA) is 123 Å². The van der Waals surface area contributed by atoms with Crippen molar-refractivity contribution in [2.75, 3.05) is 6.54 Å². The van der Waals surface area contributed by atoms with Crippen LogP contribution in [0.1, 0.15) is 33.1 Å². The number of fused-ring (bicyclic) bond motifs is 1. The Kier molecular flexibility index (Phi) is 6.51. The number of rotatable bonds is 4. The first-order valence-electron chi connectivity index (χ1n) is 9.58. The predicted molar refractivity (Wildman–Crippen MR) is 110 cm³/mol. The lowest BCUT2D eigenvalue weighted by molar-refractivity contribution is -0.122. The largest absolute Gasteiger partial charge is 0.483 e. The maximum Gasteiger partial charge on any atom is 0.290 e. The number of hydrogen-bond acceptors (Lipinski definition) is 6. The van der Waals surface area contributed by atoms with E-state index in [4.69, 9.17) is 9.90 Å². The molecule has 4 rings (SSSR count). The highest BCUT2D eigenvalue weighted by atomic mass is 16.3. The standard InChI is InChI=1S/C20H22N6O.CH2O2/c1-12-9-22-25-19(13(12)2)16-4-6-17(7-5-16)20(27)21-10-15-8-18-24-23-14(3)26(18)11-15;2-1-3/h4-7,9,15H,8,10-11H2,1-3H3,(H,21,27);1H,(H,2,3). The molecule has 1 atom stereocenters. The van der Waals surface area contributed by atoms with Gasteiger partial charge in [-0.2, -0.15) is 10.2 Å². The molecule has 2 N–H and O–H groups in total. The summed E-state index contributed by atoms with van der Waals surface area (Å²) in [6, 6.07) is 7.51. The van der Waals surface area contributed by atoms with E-state index in [1.165, 1.54) is 0 Å². The quantitative estimate of drug-likeness (QED) is 0.633. The Morgan fingerprint density at radius 2 is 1.90 bits per heavy atom. The van der Waals surface area contributed by atoms with Crippen LogP contribution in [0.5, 0.6) is 0 Å². The minimum atomic E-state index is -0.250. The summed E-state index contributed by atoms with van der Waals surface area (Å²) in [6.45, 7) is 7.25. The average Bonchev–Trinajstić information content (AvgIpc) is 3.30. The van der Waals surface area contributed by atoms with E-state index in [0.717, 1.165) is 47.0 Å². The molecule has 0 spiro atoms. The van der Waals surface area contributed by atoms with Crippen LogP contribution in [-0.4, -0.2) is 49.0 Å². The van der Waals surface area contributed by atoms with Gasteiger partial charge in [-0.25, -0.2) is 0 Å². The van der Waals surface area contributed by atoms with Gasteiger partial charge in [-0.15, -0.1) is 10.2 Å². The highest BCUT2D eigenvalue weighted by Gasteiger charge is 2.25. The molecule has 30 heavy (non-hydrogen) atoms. The van der Waals surface area contributed by atoms with Crippen molar-refractivity contribution in [1.29, 1.82) is 0 Å². The summed E-state index contributed by atoms with van der Waals surface area (Å²) in [6.07, 6.45) is 2.61. The number of carbonyl (C=O) groups excluding carboxylic acids is 1. The number of nitrogens with one attached hydrogen (secondary N) is 1. The van der Waals surface area contributed by atoms with Crippen LogP contribution in [0.15, 0.2) is 30.5 Å². The van der Waals surface area contributed by atoms with Crippen LogP contribution in [0.3, 0.4) is 0 Å². The molecule has 1 aliphatic rings. The van der Waals surface area contributed by atoms with Crippen molar-refractivity contribution >= 4 is 12.4 Å². The van der Waals surface area contributed by atoms with E-state index >= 15 is 0 Å². The summed E-state index contributed by atoms with van der Waals surface area (Å²) in [5.41, 5.74) is 4.66. The second-order valence-electron chi connectivity index (χ2n) is 7.24. The number of amides is 1. The van der Waals surface area contributed by atoms with Gasteiger partial charge in [-0.05, 0) is 44.0 Å². The number of aryl methyl sites for hydroxylation is 2. The Balaban J connectivity index is 0.000000806. The van der Waals surface area contributed by atoms with E-state index in [1.54, 1.807) is 6.20 Å². The Morgan fingerprint density at radius 1 is 1.20 bits per heavy atom. The van der Waals surface area contributed by atoms with E-state index < -0.39 is 0 Å². The van der Waals surface area contributed by atoms with Crippen molar-refractivity contribution in [3.8, 4) is 11.3 Å². The van der Waals surface area contributed by atoms with Crippen LogP contribution < -0.4 is 5.32 Å². The fraction of sp³-hybridized carbons (Fsp3) is 0.333. The van der Waals surface area contributed by atoms with Gasteiger partial charge in [0.1, 0.15) is 11.6 Å². The number of carbonyl (C=O) groups is 2. The fourth-order valence-corrected chi connectivity index (χ4v) is 3.46. The first-order valence-corrected chi connectivity index (χ1v) is 9.58. The molecular formula is C21H24N6O3. The minimum absolute atomic E-state index is 0.0621. The third-order valence-electron chi connectivity index (χ3n) is 5.25. The van der Waals surface area contributed by atoms with Gasteiger partial charge in [0.25, 0.3) is 12.4 Å². The smallest absolute Gasteiger partial charge is 0.290 e. The number of benzene rings is 1. The van der Waals surface area contributed by atoms with Crippen LogP contribution >= 0.6 is 0 Å². The van der Waals surface area contributed by atoms with Gasteiger partial charge in [0.05, 0.1) is 11.9 Å². The minimum Gasteiger partial charge on any atom is -0.483 e. The van der Waals surface area contributed by atoms with Gasteiger partial charge < -0.3 is 15.0 Å². The molecule has 0 aliphatic carbocycles. The van der Waals surface area contributed by atoms with Gasteiger partial charge >= 0.3 is 0 Å². The van der Waals surface area contributed by atoms with Crippen molar-refractivity contribution < 1.29 is 14.7 Å². The van der Waals surface area contributed by atoms with Crippen LogP contribution in [0, 0.1) is 26.7 Å². The molecule has 0 radical (unpaired) electrons. The molecule has 0 saturated carbocycles. The molecular weight excluding hydrogens is 384 g/mol. The molecule has 9 heteroatoms. The third kappa shape index (κ3) is 4.51. The lowest BCUT2D eigenvalue weighted by Crippen LogP contribution is -2.30. The zero-order valence-corrected chi connectivity index (χ0v) is 17.2. The summed E-state index contributed by atoms with van der Waals surface area (Å²) in [7, 11) is 0. The molecule has 0 fully saturated rings. The normalized spacial score (nSPS) is 14.4. The summed E-state index contributed by atoms with van der Waals surface area (Å²) in [5, 5.41) is 26.4. The Morgan fingerprint density at radius 3 is 2.57 bits per heavy atom. The van der Waals surface area contributed by atoms with Crippen molar-refractivity contribution in [2.45, 2.75) is 33.7 Å². The Labute approximate surface area is 174 Å². The lowest BCUT2D eigenvalue weighted by Gasteiger charge is -2.11. The first kappa shape index (κ1) is 21.1. The van der Waals surface area contributed by atoms with Crippen molar-refractivity contribution in [3.05, 3.63) is 58.8 Å². The van der Waals surface area contributed by atoms with Crippen LogP contribution in [-0.2, 0) is 17.8 Å². The number of nitrogens with zero attached hydrogens (tertiary/aromatic N) is 5. The Hall–Kier alpha value is -3.62. The predicted octanol–water partition coefficient (Wildman–Crippen LogP) is 1.96. The van der Waals surface area contributed by atoms with E-state index in [-0.39, 0.29) is 12.4 Å². The fourth-order valence-electron chi connectivity index (χ4n) is 3.46. The van der Waals surface area contributed by atoms with Gasteiger partial charge in [-0.1, -0.05) is 12.1 Å². The first-order chi connectivity index (χ1) is 14.4. The highest BCUT2D eigenvalue weighted by molar-refractivity contribution is 5.94. The lowest BCUT2D eigenvalue weighted by atomic mass is 10.0. The van der Waals surface area contributed by atoms with Gasteiger partial charge in [0.2, 0.25) is 0 Å². The number of hydrogen-bond donors (Lipinski definition) is 2. The van der Waals surface area contributed by atoms with Crippen molar-refractivity contribution in [1.82, 2.24) is 30.3 Å². The third-order valence-corrected chi connectivity index (χ3v) is 5.25. The van der Waals surface area contributed by atoms with Crippen molar-refractivity contribution in [2.24, 2.45) is 5.92 Å². The molecule has 3 heterocycles. The van der Waals surface area contributed by atoms with Crippen LogP contribution in [0.25, 0.3) is 11.3 Å². The Bertz CT molecular complexity index is 1050. The van der Waals surface area contributed by atoms with E-state index in [2.05, 4.69) is 30.3 Å². The number of carboxylic acid groups (broad SMARTS) is 1. The maximum absolute atomic E-state index is 12.5. The van der Waals surface area contributed by atoms with Gasteiger partial charge in [0.15, 0.2) is 0 Å². The monoisotopic (exact) mass is 408 g/mol. The highest BCUT2D eigenvalue weighted by Crippen LogP contribution is 2.23. The summed E-state index contributed by atoms with van der Waals surface area (Å²) in [5.74, 6) is 2.24. The molecule has 9 nitrogen and oxygen atoms in total. The summed E-state index contributed by atoms with van der Waals surface area (Å²) in [4.78, 5) is 20.8. The molecule has 1 amide bonds. The molecule has 0 saturated heterocycles. The second kappa shape index (κ2) is 9.25. The molecule has 2 aromatic heterocycles. The van der Waals surface area contributed by atoms with Crippen molar-refractivity contribution in [3.63, 3.8) is 0 Å². The van der Waals surface area contributed by atoms with E-state index in [0.29, 0.717) is 18.0 Å². The van der Waals surface area contributed by atoms with E-state index in [1.807, 2.05) is 45.0 Å². The van der Waals surface area contributed by atoms with Gasteiger partial charge in [0, 0.05) is 36.6 Å². The van der Waals surface area contributed by atoms with Crippen LogP contribution in [0.4, 0.5) is 0 Å². The summed E-state index contributed by atoms with van der Waals surface area (Å²) < 4.78 is 2.12. The number of aromatic nitrogens is 5. The molecule has 0 bridgehead atoms. The zero-order chi connectivity index (χ0) is 21.7. The average molecular weight is 408 g/mol. The molecule has 1 aromatic carbocycles. The second-order valence-corrected chi connectivity index (χ2v) is 7.24. The molecule has 1 unspecified atom stereocenters. The maximum atomic E-state index is 12.5.